The van der Waals surface area contributed by atoms with Crippen molar-refractivity contribution in [3.05, 3.63) is 29.8 Å². The molecule has 1 N–H and O–H groups in total. The average molecular weight is 288 g/mol. The van der Waals surface area contributed by atoms with Crippen molar-refractivity contribution in [2.45, 2.75) is 19.3 Å². The first kappa shape index (κ1) is 13.9. The molecule has 0 saturated carbocycles. The monoisotopic (exact) mass is 288 g/mol. The number of hydrogen-bond acceptors (Lipinski definition) is 3. The zero-order chi connectivity index (χ0) is 14.7. The van der Waals surface area contributed by atoms with Gasteiger partial charge in [0, 0.05) is 13.1 Å². The highest BCUT2D eigenvalue weighted by Gasteiger charge is 2.26. The maximum Gasteiger partial charge on any atom is 0.241 e. The van der Waals surface area contributed by atoms with Gasteiger partial charge in [0.1, 0.15) is 12.4 Å². The summed E-state index contributed by atoms with van der Waals surface area (Å²) in [6, 6.07) is 7.76. The van der Waals surface area contributed by atoms with Crippen LogP contribution in [0.1, 0.15) is 18.4 Å². The second-order valence-corrected chi connectivity index (χ2v) is 5.63. The zero-order valence-electron chi connectivity index (χ0n) is 12.0. The molecular weight excluding hydrogens is 268 g/mol. The molecule has 5 heteroatoms. The molecule has 1 fully saturated rings. The molecule has 5 nitrogen and oxygen atoms in total. The van der Waals surface area contributed by atoms with Gasteiger partial charge in [-0.1, -0.05) is 18.2 Å². The SMILES string of the molecule is O=C(NCC(=O)N1CCCC1)C1COc2ccccc2C1. The highest BCUT2D eigenvalue weighted by molar-refractivity contribution is 5.86. The molecular formula is C16H20N2O3. The van der Waals surface area contributed by atoms with Crippen LogP contribution < -0.4 is 10.1 Å². The summed E-state index contributed by atoms with van der Waals surface area (Å²) in [5.74, 6) is 0.552. The van der Waals surface area contributed by atoms with Crippen molar-refractivity contribution in [3.63, 3.8) is 0 Å². The average Bonchev–Trinajstić information content (AvgIpc) is 3.06. The maximum absolute atomic E-state index is 12.2. The first-order valence-corrected chi connectivity index (χ1v) is 7.50. The minimum atomic E-state index is -0.216. The minimum Gasteiger partial charge on any atom is -0.492 e. The summed E-state index contributed by atoms with van der Waals surface area (Å²) in [6.07, 6.45) is 2.79. The van der Waals surface area contributed by atoms with E-state index < -0.39 is 0 Å². The molecule has 2 aliphatic heterocycles. The van der Waals surface area contributed by atoms with Gasteiger partial charge in [0.2, 0.25) is 11.8 Å². The lowest BCUT2D eigenvalue weighted by atomic mass is 9.96. The molecule has 1 aromatic carbocycles. The quantitative estimate of drug-likeness (QED) is 0.902. The van der Waals surface area contributed by atoms with Crippen molar-refractivity contribution >= 4 is 11.8 Å². The van der Waals surface area contributed by atoms with Gasteiger partial charge in [-0.05, 0) is 30.9 Å². The Morgan fingerprint density at radius 1 is 1.24 bits per heavy atom. The second-order valence-electron chi connectivity index (χ2n) is 5.63. The molecule has 2 amide bonds. The predicted octanol–water partition coefficient (Wildman–Crippen LogP) is 0.976. The largest absolute Gasteiger partial charge is 0.492 e. The molecule has 112 valence electrons. The first-order chi connectivity index (χ1) is 10.2. The number of nitrogens with one attached hydrogen (secondary N) is 1. The lowest BCUT2D eigenvalue weighted by molar-refractivity contribution is -0.133. The molecule has 3 rings (SSSR count). The van der Waals surface area contributed by atoms with Crippen LogP contribution in [0, 0.1) is 5.92 Å². The molecule has 2 aliphatic rings. The van der Waals surface area contributed by atoms with Gasteiger partial charge >= 0.3 is 0 Å². The Morgan fingerprint density at radius 2 is 2.00 bits per heavy atom. The van der Waals surface area contributed by atoms with E-state index in [2.05, 4.69) is 5.32 Å². The smallest absolute Gasteiger partial charge is 0.241 e. The van der Waals surface area contributed by atoms with E-state index in [0.717, 1.165) is 37.2 Å². The Hall–Kier alpha value is -2.04. The summed E-state index contributed by atoms with van der Waals surface area (Å²) in [5.41, 5.74) is 1.05. The molecule has 1 saturated heterocycles. The van der Waals surface area contributed by atoms with Gasteiger partial charge in [-0.15, -0.1) is 0 Å². The maximum atomic E-state index is 12.2. The number of hydrogen-bond donors (Lipinski definition) is 1. The fourth-order valence-electron chi connectivity index (χ4n) is 2.88. The standard InChI is InChI=1S/C16H20N2O3/c19-15(18-7-3-4-8-18)10-17-16(20)13-9-12-5-1-2-6-14(12)21-11-13/h1-2,5-6,13H,3-4,7-11H2,(H,17,20). The Kier molecular flexibility index (Phi) is 4.08. The topological polar surface area (TPSA) is 58.6 Å². The fourth-order valence-corrected chi connectivity index (χ4v) is 2.88. The Balaban J connectivity index is 1.51. The number of benzene rings is 1. The van der Waals surface area contributed by atoms with Crippen molar-refractivity contribution in [2.75, 3.05) is 26.2 Å². The fraction of sp³-hybridized carbons (Fsp3) is 0.500. The van der Waals surface area contributed by atoms with E-state index in [1.54, 1.807) is 0 Å². The van der Waals surface area contributed by atoms with Gasteiger partial charge in [-0.25, -0.2) is 0 Å². The van der Waals surface area contributed by atoms with Crippen LogP contribution in [0.25, 0.3) is 0 Å². The Labute approximate surface area is 124 Å². The summed E-state index contributed by atoms with van der Waals surface area (Å²) >= 11 is 0. The Bertz CT molecular complexity index is 538. The summed E-state index contributed by atoms with van der Waals surface area (Å²) in [7, 11) is 0. The van der Waals surface area contributed by atoms with Crippen LogP contribution in [-0.4, -0.2) is 43.0 Å². The molecule has 0 bridgehead atoms. The van der Waals surface area contributed by atoms with Crippen LogP contribution in [0.3, 0.4) is 0 Å². The highest BCUT2D eigenvalue weighted by atomic mass is 16.5. The summed E-state index contributed by atoms with van der Waals surface area (Å²) in [6.45, 7) is 2.10. The third kappa shape index (κ3) is 3.17. The van der Waals surface area contributed by atoms with Gasteiger partial charge in [-0.3, -0.25) is 9.59 Å². The second kappa shape index (κ2) is 6.16. The van der Waals surface area contributed by atoms with Crippen LogP contribution in [0.5, 0.6) is 5.75 Å². The van der Waals surface area contributed by atoms with Gasteiger partial charge < -0.3 is 15.0 Å². The molecule has 0 aliphatic carbocycles. The number of para-hydroxylation sites is 1. The van der Waals surface area contributed by atoms with Gasteiger partial charge in [0.15, 0.2) is 0 Å². The molecule has 1 atom stereocenters. The molecule has 0 aromatic heterocycles. The van der Waals surface area contributed by atoms with E-state index in [0.29, 0.717) is 13.0 Å². The van der Waals surface area contributed by atoms with Crippen molar-refractivity contribution in [3.8, 4) is 5.75 Å². The minimum absolute atomic E-state index is 0.0120. The molecule has 0 spiro atoms. The van der Waals surface area contributed by atoms with E-state index in [9.17, 15) is 9.59 Å². The lowest BCUT2D eigenvalue weighted by Gasteiger charge is -2.24. The summed E-state index contributed by atoms with van der Waals surface area (Å²) in [5, 5.41) is 2.75. The van der Waals surface area contributed by atoms with Crippen molar-refractivity contribution < 1.29 is 14.3 Å². The van der Waals surface area contributed by atoms with Crippen LogP contribution in [-0.2, 0) is 16.0 Å². The van der Waals surface area contributed by atoms with Gasteiger partial charge in [0.05, 0.1) is 12.5 Å². The van der Waals surface area contributed by atoms with Crippen molar-refractivity contribution in [1.29, 1.82) is 0 Å². The summed E-state index contributed by atoms with van der Waals surface area (Å²) in [4.78, 5) is 25.9. The lowest BCUT2D eigenvalue weighted by Crippen LogP contribution is -2.43. The van der Waals surface area contributed by atoms with Crippen LogP contribution in [0.15, 0.2) is 24.3 Å². The molecule has 21 heavy (non-hydrogen) atoms. The first-order valence-electron chi connectivity index (χ1n) is 7.50. The third-order valence-electron chi connectivity index (χ3n) is 4.12. The van der Waals surface area contributed by atoms with E-state index >= 15 is 0 Å². The third-order valence-corrected chi connectivity index (χ3v) is 4.12. The van der Waals surface area contributed by atoms with Gasteiger partial charge in [-0.2, -0.15) is 0 Å². The van der Waals surface area contributed by atoms with Crippen LogP contribution in [0.4, 0.5) is 0 Å². The molecule has 1 unspecified atom stereocenters. The van der Waals surface area contributed by atoms with Crippen molar-refractivity contribution in [1.82, 2.24) is 10.2 Å². The van der Waals surface area contributed by atoms with E-state index in [4.69, 9.17) is 4.74 Å². The summed E-state index contributed by atoms with van der Waals surface area (Å²) < 4.78 is 5.61. The van der Waals surface area contributed by atoms with E-state index in [1.807, 2.05) is 29.2 Å². The number of carbonyl (C=O) groups is 2. The number of nitrogens with zero attached hydrogens (tertiary/aromatic N) is 1. The van der Waals surface area contributed by atoms with Crippen LogP contribution >= 0.6 is 0 Å². The molecule has 1 aromatic rings. The van der Waals surface area contributed by atoms with Crippen molar-refractivity contribution in [2.24, 2.45) is 5.92 Å². The number of likely N-dealkylation sites (tertiary alicyclic amines) is 1. The van der Waals surface area contributed by atoms with E-state index in [-0.39, 0.29) is 24.3 Å². The number of amides is 2. The predicted molar refractivity (Wildman–Crippen MR) is 78.0 cm³/mol. The van der Waals surface area contributed by atoms with Crippen LogP contribution in [0.2, 0.25) is 0 Å². The highest BCUT2D eigenvalue weighted by Crippen LogP contribution is 2.26. The number of ether oxygens (including phenoxy) is 1. The molecule has 2 heterocycles. The normalized spacial score (nSPS) is 20.6. The van der Waals surface area contributed by atoms with E-state index in [1.165, 1.54) is 0 Å². The zero-order valence-corrected chi connectivity index (χ0v) is 12.0. The number of fused-ring (bicyclic) bond motifs is 1. The molecule has 0 radical (unpaired) electrons. The Morgan fingerprint density at radius 3 is 2.81 bits per heavy atom. The number of rotatable bonds is 3. The van der Waals surface area contributed by atoms with Gasteiger partial charge in [0.25, 0.3) is 0 Å². The number of carbonyl (C=O) groups excluding carboxylic acids is 2.